The molecule has 0 aliphatic carbocycles. The molecule has 0 saturated carbocycles. The van der Waals surface area contributed by atoms with E-state index in [1.54, 1.807) is 37.3 Å². The third-order valence-electron chi connectivity index (χ3n) is 6.47. The first kappa shape index (κ1) is 31.4. The fourth-order valence-electron chi connectivity index (χ4n) is 4.05. The Morgan fingerprint density at radius 2 is 1.60 bits per heavy atom. The second kappa shape index (κ2) is 14.0. The number of carbonyl (C=O) groups is 2. The molecule has 2 amide bonds. The summed E-state index contributed by atoms with van der Waals surface area (Å²) in [7, 11) is -4.24. The highest BCUT2D eigenvalue weighted by atomic mass is 35.5. The van der Waals surface area contributed by atoms with Gasteiger partial charge in [0.1, 0.15) is 18.4 Å². The van der Waals surface area contributed by atoms with Crippen molar-refractivity contribution in [2.45, 2.75) is 57.1 Å². The molecule has 0 aliphatic rings. The van der Waals surface area contributed by atoms with Crippen LogP contribution in [0, 0.1) is 5.82 Å². The Labute approximate surface area is 244 Å². The number of hydrogen-bond acceptors (Lipinski definition) is 4. The van der Waals surface area contributed by atoms with Crippen LogP contribution in [0.2, 0.25) is 10.0 Å². The van der Waals surface area contributed by atoms with E-state index in [1.807, 2.05) is 13.8 Å². The van der Waals surface area contributed by atoms with E-state index in [0.717, 1.165) is 16.4 Å². The van der Waals surface area contributed by atoms with Crippen LogP contribution >= 0.6 is 23.2 Å². The van der Waals surface area contributed by atoms with Gasteiger partial charge in [-0.05, 0) is 73.9 Å². The van der Waals surface area contributed by atoms with Crippen LogP contribution in [0.5, 0.6) is 0 Å². The molecule has 0 heterocycles. The predicted molar refractivity (Wildman–Crippen MR) is 156 cm³/mol. The monoisotopic (exact) mass is 607 g/mol. The van der Waals surface area contributed by atoms with Crippen molar-refractivity contribution >= 4 is 50.7 Å². The van der Waals surface area contributed by atoms with Crippen molar-refractivity contribution in [2.75, 3.05) is 10.8 Å². The van der Waals surface area contributed by atoms with E-state index < -0.39 is 34.3 Å². The highest BCUT2D eigenvalue weighted by Gasteiger charge is 2.34. The first-order valence-corrected chi connectivity index (χ1v) is 15.0. The topological polar surface area (TPSA) is 86.8 Å². The normalized spacial score (nSPS) is 12.8. The maximum absolute atomic E-state index is 14.0. The summed E-state index contributed by atoms with van der Waals surface area (Å²) in [5, 5.41) is 3.62. The minimum Gasteiger partial charge on any atom is -0.352 e. The molecular weight excluding hydrogens is 576 g/mol. The van der Waals surface area contributed by atoms with Gasteiger partial charge in [-0.25, -0.2) is 12.8 Å². The molecule has 0 aromatic heterocycles. The number of nitrogens with one attached hydrogen (secondary N) is 1. The third-order valence-corrected chi connectivity index (χ3v) is 8.84. The first-order valence-electron chi connectivity index (χ1n) is 12.8. The fourth-order valence-corrected chi connectivity index (χ4v) is 5.95. The lowest BCUT2D eigenvalue weighted by atomic mass is 10.1. The highest BCUT2D eigenvalue weighted by Crippen LogP contribution is 2.27. The van der Waals surface area contributed by atoms with Gasteiger partial charge in [-0.3, -0.25) is 13.9 Å². The number of carbonyl (C=O) groups excluding carboxylic acids is 2. The summed E-state index contributed by atoms with van der Waals surface area (Å²) in [6.45, 7) is 4.85. The molecule has 3 rings (SSSR count). The zero-order valence-corrected chi connectivity index (χ0v) is 24.8. The van der Waals surface area contributed by atoms with Gasteiger partial charge in [0.2, 0.25) is 11.8 Å². The van der Waals surface area contributed by atoms with Crippen LogP contribution < -0.4 is 9.62 Å². The van der Waals surface area contributed by atoms with Gasteiger partial charge in [-0.2, -0.15) is 0 Å². The average molecular weight is 609 g/mol. The molecule has 0 bridgehead atoms. The summed E-state index contributed by atoms with van der Waals surface area (Å²) in [5.74, 6) is -1.56. The Bertz CT molecular complexity index is 1420. The van der Waals surface area contributed by atoms with Crippen molar-refractivity contribution in [2.24, 2.45) is 0 Å². The van der Waals surface area contributed by atoms with Gasteiger partial charge in [-0.15, -0.1) is 0 Å². The summed E-state index contributed by atoms with van der Waals surface area (Å²) >= 11 is 12.5. The van der Waals surface area contributed by atoms with E-state index in [1.165, 1.54) is 35.2 Å². The zero-order chi connectivity index (χ0) is 29.4. The highest BCUT2D eigenvalue weighted by molar-refractivity contribution is 7.92. The summed E-state index contributed by atoms with van der Waals surface area (Å²) in [6, 6.07) is 16.2. The molecule has 0 spiro atoms. The van der Waals surface area contributed by atoms with Crippen molar-refractivity contribution in [1.29, 1.82) is 0 Å². The number of hydrogen-bond donors (Lipinski definition) is 1. The number of anilines is 1. The van der Waals surface area contributed by atoms with Crippen molar-refractivity contribution in [1.82, 2.24) is 10.2 Å². The van der Waals surface area contributed by atoms with Crippen LogP contribution in [0.1, 0.15) is 39.2 Å². The standard InChI is InChI=1S/C29H32Cl2FN3O4S/c1-4-20(3)33-29(37)27(5-2)34(18-21-11-12-22(30)17-26(21)31)28(36)19-35(24-15-13-23(32)14-16-24)40(38,39)25-9-7-6-8-10-25/h6-17,20,27H,4-5,18-19H2,1-3H3,(H,33,37)/t20-,27+/m1/s1. The molecular formula is C29H32Cl2FN3O4S. The lowest BCUT2D eigenvalue weighted by Crippen LogP contribution is -2.53. The SMILES string of the molecule is CC[C@@H](C)NC(=O)[C@H](CC)N(Cc1ccc(Cl)cc1Cl)C(=O)CN(c1ccc(F)cc1)S(=O)(=O)c1ccccc1. The van der Waals surface area contributed by atoms with Gasteiger partial charge in [0.25, 0.3) is 10.0 Å². The molecule has 1 N–H and O–H groups in total. The number of halogens is 3. The average Bonchev–Trinajstić information content (AvgIpc) is 2.93. The van der Waals surface area contributed by atoms with Crippen LogP contribution in [-0.4, -0.2) is 43.8 Å². The molecule has 0 radical (unpaired) electrons. The lowest BCUT2D eigenvalue weighted by Gasteiger charge is -2.34. The van der Waals surface area contributed by atoms with Gasteiger partial charge in [0.15, 0.2) is 0 Å². The Hall–Kier alpha value is -3.14. The van der Waals surface area contributed by atoms with Crippen LogP contribution in [0.15, 0.2) is 77.7 Å². The molecule has 7 nitrogen and oxygen atoms in total. The van der Waals surface area contributed by atoms with Crippen LogP contribution in [0.25, 0.3) is 0 Å². The number of amides is 2. The van der Waals surface area contributed by atoms with Crippen molar-refractivity contribution in [3.63, 3.8) is 0 Å². The second-order valence-electron chi connectivity index (χ2n) is 9.30. The summed E-state index contributed by atoms with van der Waals surface area (Å²) in [6.07, 6.45) is 0.952. The Morgan fingerprint density at radius 1 is 0.950 bits per heavy atom. The number of sulfonamides is 1. The summed E-state index contributed by atoms with van der Waals surface area (Å²) in [5.41, 5.74) is 0.633. The predicted octanol–water partition coefficient (Wildman–Crippen LogP) is 6.05. The van der Waals surface area contributed by atoms with Crippen molar-refractivity contribution < 1.29 is 22.4 Å². The van der Waals surface area contributed by atoms with Gasteiger partial charge in [-0.1, -0.05) is 61.3 Å². The van der Waals surface area contributed by atoms with E-state index in [0.29, 0.717) is 22.0 Å². The molecule has 3 aromatic carbocycles. The zero-order valence-electron chi connectivity index (χ0n) is 22.5. The molecule has 11 heteroatoms. The van der Waals surface area contributed by atoms with Crippen LogP contribution in [0.4, 0.5) is 10.1 Å². The number of rotatable bonds is 12. The smallest absolute Gasteiger partial charge is 0.264 e. The van der Waals surface area contributed by atoms with E-state index in [4.69, 9.17) is 23.2 Å². The van der Waals surface area contributed by atoms with Crippen LogP contribution in [0.3, 0.4) is 0 Å². The molecule has 214 valence electrons. The molecule has 40 heavy (non-hydrogen) atoms. The van der Waals surface area contributed by atoms with Crippen LogP contribution in [-0.2, 0) is 26.2 Å². The Morgan fingerprint density at radius 3 is 2.17 bits per heavy atom. The van der Waals surface area contributed by atoms with Crippen molar-refractivity contribution in [3.05, 3.63) is 94.2 Å². The van der Waals surface area contributed by atoms with Gasteiger partial charge < -0.3 is 10.2 Å². The minimum absolute atomic E-state index is 0.0408. The molecule has 0 unspecified atom stereocenters. The molecule has 0 saturated heterocycles. The largest absolute Gasteiger partial charge is 0.352 e. The van der Waals surface area contributed by atoms with Crippen molar-refractivity contribution in [3.8, 4) is 0 Å². The number of nitrogens with zero attached hydrogens (tertiary/aromatic N) is 2. The third kappa shape index (κ3) is 7.74. The van der Waals surface area contributed by atoms with Gasteiger partial charge in [0.05, 0.1) is 10.6 Å². The second-order valence-corrected chi connectivity index (χ2v) is 12.0. The van der Waals surface area contributed by atoms with Gasteiger partial charge in [0, 0.05) is 22.6 Å². The van der Waals surface area contributed by atoms with E-state index in [-0.39, 0.29) is 35.5 Å². The molecule has 2 atom stereocenters. The fraction of sp³-hybridized carbons (Fsp3) is 0.310. The molecule has 0 fully saturated rings. The lowest BCUT2D eigenvalue weighted by molar-refractivity contribution is -0.140. The summed E-state index contributed by atoms with van der Waals surface area (Å²) in [4.78, 5) is 28.6. The molecule has 3 aromatic rings. The molecule has 0 aliphatic heterocycles. The quantitative estimate of drug-likeness (QED) is 0.271. The first-order chi connectivity index (χ1) is 19.0. The Balaban J connectivity index is 2.07. The van der Waals surface area contributed by atoms with Gasteiger partial charge >= 0.3 is 0 Å². The minimum atomic E-state index is -4.24. The van der Waals surface area contributed by atoms with E-state index >= 15 is 0 Å². The number of benzene rings is 3. The Kier molecular flexibility index (Phi) is 11.0. The summed E-state index contributed by atoms with van der Waals surface area (Å²) < 4.78 is 42.1. The maximum Gasteiger partial charge on any atom is 0.264 e. The van der Waals surface area contributed by atoms with E-state index in [2.05, 4.69) is 5.32 Å². The van der Waals surface area contributed by atoms with E-state index in [9.17, 15) is 22.4 Å². The maximum atomic E-state index is 14.0.